The molecule has 0 bridgehead atoms. The quantitative estimate of drug-likeness (QED) is 0.443. The van der Waals surface area contributed by atoms with Gasteiger partial charge < -0.3 is 4.74 Å². The summed E-state index contributed by atoms with van der Waals surface area (Å²) in [5.74, 6) is 4.74. The van der Waals surface area contributed by atoms with Crippen LogP contribution in [0.3, 0.4) is 0 Å². The molecular formula is C8H10ClN3O2. The van der Waals surface area contributed by atoms with E-state index < -0.39 is 5.91 Å². The molecule has 14 heavy (non-hydrogen) atoms. The van der Waals surface area contributed by atoms with Crippen LogP contribution in [-0.4, -0.2) is 17.5 Å². The Morgan fingerprint density at radius 2 is 2.50 bits per heavy atom. The van der Waals surface area contributed by atoms with Crippen LogP contribution >= 0.6 is 11.6 Å². The normalized spacial score (nSPS) is 9.64. The molecule has 1 aromatic heterocycles. The van der Waals surface area contributed by atoms with Gasteiger partial charge in [-0.3, -0.25) is 10.2 Å². The SMILES string of the molecule is CCOc1nccc(C(=O)NN)c1Cl. The first-order valence-electron chi connectivity index (χ1n) is 3.99. The maximum Gasteiger partial charge on any atom is 0.266 e. The Balaban J connectivity index is 3.07. The second kappa shape index (κ2) is 4.78. The van der Waals surface area contributed by atoms with Gasteiger partial charge in [0, 0.05) is 6.20 Å². The molecule has 0 aliphatic heterocycles. The van der Waals surface area contributed by atoms with Crippen LogP contribution in [0.1, 0.15) is 17.3 Å². The molecule has 6 heteroatoms. The highest BCUT2D eigenvalue weighted by atomic mass is 35.5. The maximum absolute atomic E-state index is 11.2. The Bertz CT molecular complexity index is 343. The number of ether oxygens (including phenoxy) is 1. The van der Waals surface area contributed by atoms with Gasteiger partial charge in [-0.05, 0) is 13.0 Å². The number of pyridine rings is 1. The fraction of sp³-hybridized carbons (Fsp3) is 0.250. The van der Waals surface area contributed by atoms with E-state index in [4.69, 9.17) is 22.2 Å². The lowest BCUT2D eigenvalue weighted by molar-refractivity contribution is 0.0953. The van der Waals surface area contributed by atoms with E-state index in [1.165, 1.54) is 12.3 Å². The van der Waals surface area contributed by atoms with E-state index in [2.05, 4.69) is 4.98 Å². The summed E-state index contributed by atoms with van der Waals surface area (Å²) >= 11 is 5.86. The van der Waals surface area contributed by atoms with Gasteiger partial charge in [-0.15, -0.1) is 0 Å². The minimum atomic E-state index is -0.474. The Morgan fingerprint density at radius 1 is 1.79 bits per heavy atom. The monoisotopic (exact) mass is 215 g/mol. The molecule has 0 spiro atoms. The van der Waals surface area contributed by atoms with E-state index in [-0.39, 0.29) is 16.5 Å². The first kappa shape index (κ1) is 10.7. The van der Waals surface area contributed by atoms with Crippen molar-refractivity contribution in [3.8, 4) is 5.88 Å². The highest BCUT2D eigenvalue weighted by Crippen LogP contribution is 2.25. The average molecular weight is 216 g/mol. The third-order valence-electron chi connectivity index (χ3n) is 1.51. The zero-order chi connectivity index (χ0) is 10.6. The topological polar surface area (TPSA) is 77.2 Å². The highest BCUT2D eigenvalue weighted by Gasteiger charge is 2.13. The van der Waals surface area contributed by atoms with E-state index in [1.54, 1.807) is 6.92 Å². The van der Waals surface area contributed by atoms with Crippen molar-refractivity contribution in [1.82, 2.24) is 10.4 Å². The Morgan fingerprint density at radius 3 is 3.07 bits per heavy atom. The van der Waals surface area contributed by atoms with Crippen LogP contribution in [0.25, 0.3) is 0 Å². The summed E-state index contributed by atoms with van der Waals surface area (Å²) in [6, 6.07) is 1.47. The van der Waals surface area contributed by atoms with E-state index in [9.17, 15) is 4.79 Å². The molecule has 0 aliphatic carbocycles. The number of nitrogens with two attached hydrogens (primary N) is 1. The van der Waals surface area contributed by atoms with Crippen LogP contribution in [-0.2, 0) is 0 Å². The van der Waals surface area contributed by atoms with Crippen LogP contribution in [0.2, 0.25) is 5.02 Å². The van der Waals surface area contributed by atoms with Gasteiger partial charge in [0.05, 0.1) is 12.2 Å². The third-order valence-corrected chi connectivity index (χ3v) is 1.88. The Hall–Kier alpha value is -1.33. The summed E-state index contributed by atoms with van der Waals surface area (Å²) in [5.41, 5.74) is 2.23. The molecule has 0 aliphatic rings. The molecule has 5 nitrogen and oxygen atoms in total. The molecule has 1 heterocycles. The lowest BCUT2D eigenvalue weighted by atomic mass is 10.2. The van der Waals surface area contributed by atoms with Crippen molar-refractivity contribution in [2.45, 2.75) is 6.92 Å². The number of aromatic nitrogens is 1. The van der Waals surface area contributed by atoms with Crippen molar-refractivity contribution in [3.63, 3.8) is 0 Å². The number of nitrogen functional groups attached to an aromatic ring is 1. The van der Waals surface area contributed by atoms with Crippen molar-refractivity contribution in [2.75, 3.05) is 6.61 Å². The first-order valence-corrected chi connectivity index (χ1v) is 4.36. The number of hydrogen-bond donors (Lipinski definition) is 2. The van der Waals surface area contributed by atoms with Crippen LogP contribution in [0.4, 0.5) is 0 Å². The molecule has 1 amide bonds. The van der Waals surface area contributed by atoms with Crippen LogP contribution < -0.4 is 16.0 Å². The molecule has 1 aromatic rings. The number of nitrogens with zero attached hydrogens (tertiary/aromatic N) is 1. The number of amides is 1. The average Bonchev–Trinajstić information content (AvgIpc) is 2.20. The van der Waals surface area contributed by atoms with Gasteiger partial charge in [0.15, 0.2) is 0 Å². The molecule has 0 unspecified atom stereocenters. The minimum Gasteiger partial charge on any atom is -0.477 e. The van der Waals surface area contributed by atoms with E-state index in [0.717, 1.165) is 0 Å². The van der Waals surface area contributed by atoms with Crippen LogP contribution in [0.15, 0.2) is 12.3 Å². The third kappa shape index (κ3) is 2.12. The molecule has 0 radical (unpaired) electrons. The molecule has 1 rings (SSSR count). The summed E-state index contributed by atoms with van der Waals surface area (Å²) in [5, 5.41) is 0.164. The van der Waals surface area contributed by atoms with Crippen molar-refractivity contribution in [1.29, 1.82) is 0 Å². The van der Waals surface area contributed by atoms with E-state index in [1.807, 2.05) is 5.43 Å². The van der Waals surface area contributed by atoms with Gasteiger partial charge in [0.1, 0.15) is 5.02 Å². The largest absolute Gasteiger partial charge is 0.477 e. The van der Waals surface area contributed by atoms with Crippen molar-refractivity contribution in [2.24, 2.45) is 5.84 Å². The number of carbonyl (C=O) groups is 1. The second-order valence-electron chi connectivity index (χ2n) is 2.38. The molecule has 0 saturated heterocycles. The molecular weight excluding hydrogens is 206 g/mol. The molecule has 3 N–H and O–H groups in total. The molecule has 0 atom stereocenters. The van der Waals surface area contributed by atoms with Crippen LogP contribution in [0, 0.1) is 0 Å². The number of hydrogen-bond acceptors (Lipinski definition) is 4. The lowest BCUT2D eigenvalue weighted by Crippen LogP contribution is -2.30. The summed E-state index contributed by atoms with van der Waals surface area (Å²) in [4.78, 5) is 15.1. The predicted octanol–water partition coefficient (Wildman–Crippen LogP) is 0.737. The van der Waals surface area contributed by atoms with Gasteiger partial charge in [0.2, 0.25) is 5.88 Å². The Labute approximate surface area is 86.2 Å². The van der Waals surface area contributed by atoms with Crippen molar-refractivity contribution < 1.29 is 9.53 Å². The minimum absolute atomic E-state index is 0.164. The van der Waals surface area contributed by atoms with E-state index in [0.29, 0.717) is 6.61 Å². The summed E-state index contributed by atoms with van der Waals surface area (Å²) < 4.78 is 5.11. The van der Waals surface area contributed by atoms with E-state index >= 15 is 0 Å². The number of halogens is 1. The van der Waals surface area contributed by atoms with Crippen LogP contribution in [0.5, 0.6) is 5.88 Å². The Kier molecular flexibility index (Phi) is 3.67. The molecule has 0 saturated carbocycles. The lowest BCUT2D eigenvalue weighted by Gasteiger charge is -2.07. The standard InChI is InChI=1S/C8H10ClN3O2/c1-2-14-8-6(9)5(3-4-11-8)7(13)12-10/h3-4H,2,10H2,1H3,(H,12,13). The smallest absolute Gasteiger partial charge is 0.266 e. The maximum atomic E-state index is 11.2. The predicted molar refractivity (Wildman–Crippen MR) is 52.1 cm³/mol. The number of carbonyl (C=O) groups excluding carboxylic acids is 1. The highest BCUT2D eigenvalue weighted by molar-refractivity contribution is 6.35. The number of hydrazine groups is 1. The fourth-order valence-corrected chi connectivity index (χ4v) is 1.17. The van der Waals surface area contributed by atoms with Crippen molar-refractivity contribution >= 4 is 17.5 Å². The second-order valence-corrected chi connectivity index (χ2v) is 2.76. The number of rotatable bonds is 3. The zero-order valence-corrected chi connectivity index (χ0v) is 8.34. The van der Waals surface area contributed by atoms with Crippen molar-refractivity contribution in [3.05, 3.63) is 22.8 Å². The summed E-state index contributed by atoms with van der Waals surface area (Å²) in [7, 11) is 0. The van der Waals surface area contributed by atoms with Gasteiger partial charge in [-0.1, -0.05) is 11.6 Å². The van der Waals surface area contributed by atoms with Gasteiger partial charge in [-0.25, -0.2) is 10.8 Å². The molecule has 0 fully saturated rings. The van der Waals surface area contributed by atoms with Gasteiger partial charge >= 0.3 is 0 Å². The van der Waals surface area contributed by atoms with Gasteiger partial charge in [-0.2, -0.15) is 0 Å². The summed E-state index contributed by atoms with van der Waals surface area (Å²) in [6.07, 6.45) is 1.43. The zero-order valence-electron chi connectivity index (χ0n) is 7.58. The molecule has 0 aromatic carbocycles. The fourth-order valence-electron chi connectivity index (χ4n) is 0.915. The van der Waals surface area contributed by atoms with Gasteiger partial charge in [0.25, 0.3) is 5.91 Å². The summed E-state index contributed by atoms with van der Waals surface area (Å²) in [6.45, 7) is 2.23. The number of nitrogens with one attached hydrogen (secondary N) is 1. The molecule has 76 valence electrons. The first-order chi connectivity index (χ1) is 6.70.